The maximum atomic E-state index is 4.18. The molecule has 0 atom stereocenters. The lowest BCUT2D eigenvalue weighted by molar-refractivity contribution is 1.11. The fraction of sp³-hybridized carbons (Fsp3) is 0.300. The molecule has 0 radical (unpaired) electrons. The Balaban J connectivity index is 1.94. The third-order valence-corrected chi connectivity index (χ3v) is 2.93. The number of nitrogens with zero attached hydrogens (tertiary/aromatic N) is 1. The van der Waals surface area contributed by atoms with Gasteiger partial charge in [-0.3, -0.25) is 0 Å². The van der Waals surface area contributed by atoms with Crippen molar-refractivity contribution in [2.75, 3.05) is 5.32 Å². The first kappa shape index (κ1) is 9.27. The van der Waals surface area contributed by atoms with Gasteiger partial charge in [-0.05, 0) is 26.0 Å². The summed E-state index contributed by atoms with van der Waals surface area (Å²) in [4.78, 5) is 9.99. The van der Waals surface area contributed by atoms with E-state index < -0.39 is 0 Å². The van der Waals surface area contributed by atoms with Gasteiger partial charge in [0.1, 0.15) is 0 Å². The summed E-state index contributed by atoms with van der Waals surface area (Å²) in [6.45, 7) is 4.95. The Morgan fingerprint density at radius 3 is 2.86 bits per heavy atom. The van der Waals surface area contributed by atoms with Crippen LogP contribution in [0.15, 0.2) is 18.3 Å². The Morgan fingerprint density at radius 1 is 1.43 bits per heavy atom. The summed E-state index contributed by atoms with van der Waals surface area (Å²) >= 11 is 1.81. The van der Waals surface area contributed by atoms with Crippen molar-refractivity contribution < 1.29 is 0 Å². The van der Waals surface area contributed by atoms with Crippen molar-refractivity contribution in [1.29, 1.82) is 0 Å². The molecule has 2 N–H and O–H groups in total. The van der Waals surface area contributed by atoms with Gasteiger partial charge in [-0.1, -0.05) is 0 Å². The molecule has 14 heavy (non-hydrogen) atoms. The summed E-state index contributed by atoms with van der Waals surface area (Å²) in [5, 5.41) is 3.24. The molecule has 0 aliphatic carbocycles. The Hall–Kier alpha value is -1.29. The highest BCUT2D eigenvalue weighted by Gasteiger charge is 1.98. The molecule has 2 heterocycles. The molecule has 0 bridgehead atoms. The standard InChI is InChI=1S/C10H13N3S/c1-7-5-11-10(13-7)12-6-9-4-3-8(2)14-9/h3-5H,6H2,1-2H3,(H2,11,12,13). The van der Waals surface area contributed by atoms with Crippen LogP contribution in [-0.4, -0.2) is 9.97 Å². The lowest BCUT2D eigenvalue weighted by Crippen LogP contribution is -1.98. The maximum absolute atomic E-state index is 4.18. The van der Waals surface area contributed by atoms with E-state index >= 15 is 0 Å². The van der Waals surface area contributed by atoms with Gasteiger partial charge >= 0.3 is 0 Å². The number of imidazole rings is 1. The summed E-state index contributed by atoms with van der Waals surface area (Å²) in [7, 11) is 0. The van der Waals surface area contributed by atoms with Crippen molar-refractivity contribution in [3.8, 4) is 0 Å². The number of hydrogen-bond acceptors (Lipinski definition) is 3. The number of aryl methyl sites for hydroxylation is 2. The van der Waals surface area contributed by atoms with Crippen molar-refractivity contribution in [2.45, 2.75) is 20.4 Å². The van der Waals surface area contributed by atoms with E-state index in [0.717, 1.165) is 18.2 Å². The van der Waals surface area contributed by atoms with Crippen LogP contribution in [0.25, 0.3) is 0 Å². The zero-order chi connectivity index (χ0) is 9.97. The average Bonchev–Trinajstić information content (AvgIpc) is 2.72. The second-order valence-corrected chi connectivity index (χ2v) is 4.65. The average molecular weight is 207 g/mol. The van der Waals surface area contributed by atoms with Gasteiger partial charge in [-0.15, -0.1) is 11.3 Å². The fourth-order valence-corrected chi connectivity index (χ4v) is 2.08. The lowest BCUT2D eigenvalue weighted by atomic mass is 10.4. The monoisotopic (exact) mass is 207 g/mol. The van der Waals surface area contributed by atoms with Gasteiger partial charge in [0.15, 0.2) is 0 Å². The molecule has 0 spiro atoms. The molecule has 0 aromatic carbocycles. The largest absolute Gasteiger partial charge is 0.351 e. The topological polar surface area (TPSA) is 40.7 Å². The van der Waals surface area contributed by atoms with Gasteiger partial charge in [0.05, 0.1) is 6.54 Å². The van der Waals surface area contributed by atoms with Crippen molar-refractivity contribution in [1.82, 2.24) is 9.97 Å². The number of thiophene rings is 1. The molecule has 0 fully saturated rings. The first-order valence-electron chi connectivity index (χ1n) is 4.55. The Morgan fingerprint density at radius 2 is 2.29 bits per heavy atom. The molecule has 2 rings (SSSR count). The first-order valence-corrected chi connectivity index (χ1v) is 5.36. The van der Waals surface area contributed by atoms with Gasteiger partial charge in [0.25, 0.3) is 0 Å². The molecule has 4 heteroatoms. The van der Waals surface area contributed by atoms with Crippen molar-refractivity contribution in [3.05, 3.63) is 33.8 Å². The van der Waals surface area contributed by atoms with E-state index in [1.165, 1.54) is 9.75 Å². The molecule has 3 nitrogen and oxygen atoms in total. The number of aromatic nitrogens is 2. The normalized spacial score (nSPS) is 10.4. The van der Waals surface area contributed by atoms with Crippen LogP contribution in [0, 0.1) is 13.8 Å². The van der Waals surface area contributed by atoms with Crippen molar-refractivity contribution >= 4 is 17.3 Å². The van der Waals surface area contributed by atoms with Gasteiger partial charge in [-0.25, -0.2) is 4.98 Å². The quantitative estimate of drug-likeness (QED) is 0.812. The summed E-state index contributed by atoms with van der Waals surface area (Å²) in [5.41, 5.74) is 1.08. The fourth-order valence-electron chi connectivity index (χ4n) is 1.25. The van der Waals surface area contributed by atoms with E-state index in [2.05, 4.69) is 34.3 Å². The highest BCUT2D eigenvalue weighted by Crippen LogP contribution is 2.15. The maximum Gasteiger partial charge on any atom is 0.200 e. The van der Waals surface area contributed by atoms with Crippen LogP contribution in [0.4, 0.5) is 5.95 Å². The minimum atomic E-state index is 0.839. The number of H-pyrrole nitrogens is 1. The van der Waals surface area contributed by atoms with Crippen LogP contribution in [-0.2, 0) is 6.54 Å². The molecule has 0 aliphatic heterocycles. The summed E-state index contributed by atoms with van der Waals surface area (Å²) < 4.78 is 0. The summed E-state index contributed by atoms with van der Waals surface area (Å²) in [5.74, 6) is 0.841. The van der Waals surface area contributed by atoms with E-state index in [-0.39, 0.29) is 0 Å². The zero-order valence-corrected chi connectivity index (χ0v) is 9.11. The molecule has 0 saturated heterocycles. The first-order chi connectivity index (χ1) is 6.74. The van der Waals surface area contributed by atoms with Crippen LogP contribution in [0.1, 0.15) is 15.4 Å². The van der Waals surface area contributed by atoms with Crippen LogP contribution in [0.5, 0.6) is 0 Å². The zero-order valence-electron chi connectivity index (χ0n) is 8.29. The number of aromatic amines is 1. The van der Waals surface area contributed by atoms with E-state index in [1.54, 1.807) is 0 Å². The van der Waals surface area contributed by atoms with Crippen LogP contribution in [0.2, 0.25) is 0 Å². The number of anilines is 1. The Labute approximate surface area is 87.2 Å². The highest BCUT2D eigenvalue weighted by molar-refractivity contribution is 7.11. The van der Waals surface area contributed by atoms with Crippen LogP contribution >= 0.6 is 11.3 Å². The summed E-state index contributed by atoms with van der Waals surface area (Å²) in [6.07, 6.45) is 1.82. The SMILES string of the molecule is Cc1cnc(NCc2ccc(C)s2)[nH]1. The molecule has 0 amide bonds. The highest BCUT2D eigenvalue weighted by atomic mass is 32.1. The van der Waals surface area contributed by atoms with Gasteiger partial charge < -0.3 is 10.3 Å². The number of rotatable bonds is 3. The predicted octanol–water partition coefficient (Wildman–Crippen LogP) is 2.70. The molecule has 2 aromatic rings. The van der Waals surface area contributed by atoms with Crippen molar-refractivity contribution in [2.24, 2.45) is 0 Å². The minimum Gasteiger partial charge on any atom is -0.351 e. The lowest BCUT2D eigenvalue weighted by Gasteiger charge is -1.99. The smallest absolute Gasteiger partial charge is 0.200 e. The molecular weight excluding hydrogens is 194 g/mol. The van der Waals surface area contributed by atoms with Crippen LogP contribution < -0.4 is 5.32 Å². The van der Waals surface area contributed by atoms with Gasteiger partial charge in [0, 0.05) is 21.6 Å². The molecule has 0 saturated carbocycles. The van der Waals surface area contributed by atoms with E-state index in [0.29, 0.717) is 0 Å². The Bertz CT molecular complexity index is 376. The molecule has 2 aromatic heterocycles. The number of hydrogen-bond donors (Lipinski definition) is 2. The predicted molar refractivity (Wildman–Crippen MR) is 59.7 cm³/mol. The number of nitrogens with one attached hydrogen (secondary N) is 2. The van der Waals surface area contributed by atoms with Crippen molar-refractivity contribution in [3.63, 3.8) is 0 Å². The van der Waals surface area contributed by atoms with E-state index in [4.69, 9.17) is 0 Å². The van der Waals surface area contributed by atoms with Gasteiger partial charge in [-0.2, -0.15) is 0 Å². The molecular formula is C10H13N3S. The Kier molecular flexibility index (Phi) is 2.54. The second kappa shape index (κ2) is 3.84. The van der Waals surface area contributed by atoms with E-state index in [9.17, 15) is 0 Å². The third kappa shape index (κ3) is 2.14. The third-order valence-electron chi connectivity index (χ3n) is 1.93. The van der Waals surface area contributed by atoms with Gasteiger partial charge in [0.2, 0.25) is 5.95 Å². The summed E-state index contributed by atoms with van der Waals surface area (Å²) in [6, 6.07) is 4.28. The molecule has 74 valence electrons. The second-order valence-electron chi connectivity index (χ2n) is 3.28. The van der Waals surface area contributed by atoms with E-state index in [1.807, 2.05) is 24.5 Å². The van der Waals surface area contributed by atoms with Crippen LogP contribution in [0.3, 0.4) is 0 Å². The molecule has 0 aliphatic rings. The minimum absolute atomic E-state index is 0.839. The molecule has 0 unspecified atom stereocenters.